The predicted octanol–water partition coefficient (Wildman–Crippen LogP) is 17.8. The maximum atomic E-state index is 6.91. The Morgan fingerprint density at radius 1 is 0.385 bits per heavy atom. The van der Waals surface area contributed by atoms with Crippen molar-refractivity contribution in [2.75, 3.05) is 4.90 Å². The van der Waals surface area contributed by atoms with Gasteiger partial charge in [0.05, 0.1) is 0 Å². The minimum atomic E-state index is -0.255. The average molecular weight is 846 g/mol. The first-order chi connectivity index (χ1) is 31.0. The third-order valence-electron chi connectivity index (χ3n) is 14.9. The fourth-order valence-corrected chi connectivity index (χ4v) is 11.3. The van der Waals surface area contributed by atoms with Crippen LogP contribution in [0.5, 0.6) is 0 Å². The lowest BCUT2D eigenvalue weighted by Gasteiger charge is -2.30. The number of anilines is 3. The first-order valence-electron chi connectivity index (χ1n) is 23.2. The number of benzene rings is 8. The highest BCUT2D eigenvalue weighted by Crippen LogP contribution is 2.55. The number of hydrogen-bond donors (Lipinski definition) is 0. The Hall–Kier alpha value is -6.84. The van der Waals surface area contributed by atoms with Crippen molar-refractivity contribution in [1.82, 2.24) is 0 Å². The van der Waals surface area contributed by atoms with Crippen LogP contribution in [0.3, 0.4) is 0 Å². The number of rotatable bonds is 4. The SMILES string of the molecule is CC(C)(C)c1cc(C(C)(C)C)c2oc3cc4c(cc3c2c1)C(C)(C)c1cc(N(c2ccc(-c3cccc5c3oc3ccccc35)cc2)c2ccc3c(c2)C(C)(C)c2ccccc2-3)ccc1-4. The van der Waals surface area contributed by atoms with E-state index in [9.17, 15) is 0 Å². The van der Waals surface area contributed by atoms with Gasteiger partial charge in [-0.1, -0.05) is 160 Å². The quantitative estimate of drug-likeness (QED) is 0.177. The zero-order valence-corrected chi connectivity index (χ0v) is 39.2. The molecule has 0 atom stereocenters. The summed E-state index contributed by atoms with van der Waals surface area (Å²) in [6.07, 6.45) is 0. The number of fused-ring (bicyclic) bond motifs is 12. The Kier molecular flexibility index (Phi) is 8.17. The fraction of sp³-hybridized carbons (Fsp3) is 0.226. The largest absolute Gasteiger partial charge is 0.456 e. The highest BCUT2D eigenvalue weighted by molar-refractivity contribution is 6.10. The minimum absolute atomic E-state index is 0.00770. The van der Waals surface area contributed by atoms with Crippen LogP contribution in [-0.4, -0.2) is 0 Å². The van der Waals surface area contributed by atoms with Gasteiger partial charge in [0.1, 0.15) is 22.3 Å². The molecular formula is C62H55NO2. The van der Waals surface area contributed by atoms with Gasteiger partial charge in [-0.3, -0.25) is 0 Å². The van der Waals surface area contributed by atoms with Crippen LogP contribution in [0, 0.1) is 0 Å². The molecule has 0 fully saturated rings. The van der Waals surface area contributed by atoms with Crippen LogP contribution in [0.4, 0.5) is 17.1 Å². The number of furan rings is 2. The first-order valence-corrected chi connectivity index (χ1v) is 23.2. The summed E-state index contributed by atoms with van der Waals surface area (Å²) >= 11 is 0. The van der Waals surface area contributed by atoms with Crippen molar-refractivity contribution in [2.45, 2.75) is 90.9 Å². The van der Waals surface area contributed by atoms with Gasteiger partial charge in [-0.05, 0) is 127 Å². The molecule has 0 radical (unpaired) electrons. The summed E-state index contributed by atoms with van der Waals surface area (Å²) in [6, 6.07) is 56.4. The molecule has 2 aromatic heterocycles. The summed E-state index contributed by atoms with van der Waals surface area (Å²) in [6.45, 7) is 23.3. The van der Waals surface area contributed by atoms with Crippen molar-refractivity contribution >= 4 is 60.9 Å². The predicted molar refractivity (Wildman–Crippen MR) is 274 cm³/mol. The first kappa shape index (κ1) is 39.7. The standard InChI is InChI=1S/C62H55NO2/c1-59(2,3)37-30-49-48-34-53-47(35-56(48)65-58(49)54(31-37)60(4,5)6)44-29-27-40(33-52(44)62(53,9)10)63(39-26-28-43-42-16-11-13-20-50(42)61(7,8)51(43)32-39)38-24-22-36(23-25-38)41-18-15-19-46-45-17-12-14-21-55(45)64-57(41)46/h11-35H,1-10H3. The van der Waals surface area contributed by atoms with Crippen molar-refractivity contribution in [3.8, 4) is 33.4 Å². The van der Waals surface area contributed by atoms with Gasteiger partial charge in [0.2, 0.25) is 0 Å². The van der Waals surface area contributed by atoms with Gasteiger partial charge in [-0.25, -0.2) is 0 Å². The van der Waals surface area contributed by atoms with E-state index in [4.69, 9.17) is 8.83 Å². The molecule has 0 saturated carbocycles. The molecule has 0 bridgehead atoms. The van der Waals surface area contributed by atoms with Crippen molar-refractivity contribution in [3.05, 3.63) is 185 Å². The summed E-state index contributed by atoms with van der Waals surface area (Å²) in [5.74, 6) is 0. The maximum absolute atomic E-state index is 6.91. The Balaban J connectivity index is 1.01. The van der Waals surface area contributed by atoms with Gasteiger partial charge >= 0.3 is 0 Å². The van der Waals surface area contributed by atoms with Gasteiger partial charge in [-0.2, -0.15) is 0 Å². The minimum Gasteiger partial charge on any atom is -0.456 e. The molecule has 0 aliphatic heterocycles. The van der Waals surface area contributed by atoms with Crippen LogP contribution in [0.1, 0.15) is 103 Å². The molecule has 0 unspecified atom stereocenters. The molecule has 8 aromatic carbocycles. The summed E-state index contributed by atoms with van der Waals surface area (Å²) in [7, 11) is 0. The molecular weight excluding hydrogens is 791 g/mol. The van der Waals surface area contributed by atoms with E-state index in [0.717, 1.165) is 61.3 Å². The van der Waals surface area contributed by atoms with Crippen LogP contribution in [0.2, 0.25) is 0 Å². The lowest BCUT2D eigenvalue weighted by Crippen LogP contribution is -2.18. The molecule has 2 heterocycles. The Morgan fingerprint density at radius 2 is 0.954 bits per heavy atom. The second-order valence-electron chi connectivity index (χ2n) is 21.8. The lowest BCUT2D eigenvalue weighted by atomic mass is 9.79. The van der Waals surface area contributed by atoms with Crippen molar-refractivity contribution in [3.63, 3.8) is 0 Å². The molecule has 2 aliphatic rings. The van der Waals surface area contributed by atoms with Crippen LogP contribution in [0.25, 0.3) is 77.3 Å². The average Bonchev–Trinajstić information content (AvgIpc) is 3.97. The molecule has 0 spiro atoms. The summed E-state index contributed by atoms with van der Waals surface area (Å²) in [5, 5.41) is 4.68. The molecule has 12 rings (SSSR count). The molecule has 0 saturated heterocycles. The molecule has 10 aromatic rings. The monoisotopic (exact) mass is 845 g/mol. The van der Waals surface area contributed by atoms with Crippen molar-refractivity contribution < 1.29 is 8.83 Å². The lowest BCUT2D eigenvalue weighted by molar-refractivity contribution is 0.559. The second kappa shape index (κ2) is 13.4. The third-order valence-corrected chi connectivity index (χ3v) is 14.9. The molecule has 320 valence electrons. The van der Waals surface area contributed by atoms with Gasteiger partial charge in [-0.15, -0.1) is 0 Å². The summed E-state index contributed by atoms with van der Waals surface area (Å²) < 4.78 is 13.4. The highest BCUT2D eigenvalue weighted by atomic mass is 16.3. The molecule has 2 aliphatic carbocycles. The smallest absolute Gasteiger partial charge is 0.143 e. The fourth-order valence-electron chi connectivity index (χ4n) is 11.3. The molecule has 0 amide bonds. The van der Waals surface area contributed by atoms with Crippen molar-refractivity contribution in [2.24, 2.45) is 0 Å². The molecule has 65 heavy (non-hydrogen) atoms. The van der Waals surface area contributed by atoms with E-state index >= 15 is 0 Å². The van der Waals surface area contributed by atoms with Gasteiger partial charge in [0.25, 0.3) is 0 Å². The zero-order valence-electron chi connectivity index (χ0n) is 39.2. The highest BCUT2D eigenvalue weighted by Gasteiger charge is 2.39. The molecule has 3 heteroatoms. The van der Waals surface area contributed by atoms with E-state index in [1.54, 1.807) is 0 Å². The normalized spacial score (nSPS) is 14.9. The van der Waals surface area contributed by atoms with Gasteiger partial charge < -0.3 is 13.7 Å². The Bertz CT molecular complexity index is 3610. The van der Waals surface area contributed by atoms with Gasteiger partial charge in [0.15, 0.2) is 0 Å². The summed E-state index contributed by atoms with van der Waals surface area (Å²) in [5.41, 5.74) is 22.1. The zero-order chi connectivity index (χ0) is 44.9. The van der Waals surface area contributed by atoms with Crippen LogP contribution < -0.4 is 4.90 Å². The van der Waals surface area contributed by atoms with Gasteiger partial charge in [0, 0.05) is 60.6 Å². The topological polar surface area (TPSA) is 29.5 Å². The number of para-hydroxylation sites is 2. The second-order valence-corrected chi connectivity index (χ2v) is 21.8. The van der Waals surface area contributed by atoms with Crippen LogP contribution in [-0.2, 0) is 21.7 Å². The molecule has 0 N–H and O–H groups in total. The van der Waals surface area contributed by atoms with E-state index in [0.29, 0.717) is 0 Å². The van der Waals surface area contributed by atoms with Crippen LogP contribution >= 0.6 is 0 Å². The third kappa shape index (κ3) is 5.80. The summed E-state index contributed by atoms with van der Waals surface area (Å²) in [4.78, 5) is 2.45. The molecule has 3 nitrogen and oxygen atoms in total. The number of nitrogens with zero attached hydrogens (tertiary/aromatic N) is 1. The van der Waals surface area contributed by atoms with E-state index in [1.807, 2.05) is 6.07 Å². The van der Waals surface area contributed by atoms with E-state index in [-0.39, 0.29) is 21.7 Å². The number of hydrogen-bond acceptors (Lipinski definition) is 3. The van der Waals surface area contributed by atoms with Crippen molar-refractivity contribution in [1.29, 1.82) is 0 Å². The van der Waals surface area contributed by atoms with E-state index < -0.39 is 0 Å². The van der Waals surface area contributed by atoms with E-state index in [2.05, 4.69) is 220 Å². The van der Waals surface area contributed by atoms with Crippen LogP contribution in [0.15, 0.2) is 160 Å². The maximum Gasteiger partial charge on any atom is 0.143 e. The Morgan fingerprint density at radius 3 is 1.66 bits per heavy atom. The van der Waals surface area contributed by atoms with E-state index in [1.165, 1.54) is 66.4 Å². The Labute approximate surface area is 382 Å².